The zero-order chi connectivity index (χ0) is 9.84. The zero-order valence-corrected chi connectivity index (χ0v) is 7.90. The zero-order valence-electron chi connectivity index (χ0n) is 7.90. The summed E-state index contributed by atoms with van der Waals surface area (Å²) in [5, 5.41) is 9.36. The Hall–Kier alpha value is -0.610. The summed E-state index contributed by atoms with van der Waals surface area (Å²) in [6.07, 6.45) is 3.14. The molecule has 0 aromatic rings. The number of aliphatic hydroxyl groups excluding tert-OH is 1. The molecular formula is C9H17NO3. The minimum atomic E-state index is -1.16. The molecule has 0 bridgehead atoms. The minimum Gasteiger partial charge on any atom is -0.467 e. The van der Waals surface area contributed by atoms with E-state index in [1.54, 1.807) is 0 Å². The summed E-state index contributed by atoms with van der Waals surface area (Å²) < 4.78 is 4.40. The monoisotopic (exact) mass is 187 g/mol. The van der Waals surface area contributed by atoms with Crippen LogP contribution in [0.3, 0.4) is 0 Å². The van der Waals surface area contributed by atoms with Crippen LogP contribution in [0.1, 0.15) is 25.7 Å². The fraction of sp³-hybridized carbons (Fsp3) is 0.889. The van der Waals surface area contributed by atoms with Crippen molar-refractivity contribution in [2.24, 2.45) is 11.7 Å². The summed E-state index contributed by atoms with van der Waals surface area (Å²) >= 11 is 0. The molecule has 1 rings (SSSR count). The third-order valence-corrected chi connectivity index (χ3v) is 2.68. The number of rotatable bonds is 4. The van der Waals surface area contributed by atoms with Gasteiger partial charge in [0, 0.05) is 6.04 Å². The summed E-state index contributed by atoms with van der Waals surface area (Å²) in [5.74, 6) is -0.0406. The summed E-state index contributed by atoms with van der Waals surface area (Å²) in [6.45, 7) is 0. The van der Waals surface area contributed by atoms with E-state index >= 15 is 0 Å². The Morgan fingerprint density at radius 2 is 2.31 bits per heavy atom. The van der Waals surface area contributed by atoms with Crippen LogP contribution in [0.15, 0.2) is 0 Å². The summed E-state index contributed by atoms with van der Waals surface area (Å²) in [7, 11) is 1.25. The molecule has 0 radical (unpaired) electrons. The van der Waals surface area contributed by atoms with Gasteiger partial charge in [0.05, 0.1) is 7.11 Å². The third kappa shape index (κ3) is 2.67. The quantitative estimate of drug-likeness (QED) is 0.609. The maximum absolute atomic E-state index is 10.9. The topological polar surface area (TPSA) is 72.5 Å². The van der Waals surface area contributed by atoms with Crippen LogP contribution in [0.4, 0.5) is 0 Å². The highest BCUT2D eigenvalue weighted by Crippen LogP contribution is 2.30. The van der Waals surface area contributed by atoms with E-state index in [2.05, 4.69) is 4.74 Å². The Labute approximate surface area is 78.1 Å². The lowest BCUT2D eigenvalue weighted by Gasteiger charge is -2.29. The van der Waals surface area contributed by atoms with Crippen molar-refractivity contribution in [3.8, 4) is 0 Å². The minimum absolute atomic E-state index is 0.474. The van der Waals surface area contributed by atoms with Crippen molar-refractivity contribution in [1.29, 1.82) is 0 Å². The summed E-state index contributed by atoms with van der Waals surface area (Å²) in [6, 6.07) is -0.474. The normalized spacial score (nSPS) is 21.8. The van der Waals surface area contributed by atoms with Gasteiger partial charge in [-0.05, 0) is 12.3 Å². The van der Waals surface area contributed by atoms with Crippen LogP contribution in [0.25, 0.3) is 0 Å². The van der Waals surface area contributed by atoms with E-state index in [1.165, 1.54) is 26.4 Å². The molecule has 1 aliphatic carbocycles. The highest BCUT2D eigenvalue weighted by molar-refractivity contribution is 5.75. The number of carbonyl (C=O) groups excluding carboxylic acids is 1. The fourth-order valence-electron chi connectivity index (χ4n) is 1.54. The number of hydrogen-bond acceptors (Lipinski definition) is 4. The lowest BCUT2D eigenvalue weighted by atomic mass is 9.80. The molecule has 0 saturated heterocycles. The average Bonchev–Trinajstić information content (AvgIpc) is 2.08. The Morgan fingerprint density at radius 1 is 1.69 bits per heavy atom. The first-order valence-corrected chi connectivity index (χ1v) is 4.66. The fourth-order valence-corrected chi connectivity index (χ4v) is 1.54. The molecule has 1 fully saturated rings. The van der Waals surface area contributed by atoms with Crippen LogP contribution >= 0.6 is 0 Å². The number of aliphatic hydroxyl groups is 1. The number of esters is 1. The molecule has 3 N–H and O–H groups in total. The second kappa shape index (κ2) is 4.58. The van der Waals surface area contributed by atoms with Crippen LogP contribution < -0.4 is 5.73 Å². The van der Waals surface area contributed by atoms with Gasteiger partial charge in [0.15, 0.2) is 6.10 Å². The predicted molar refractivity (Wildman–Crippen MR) is 48.0 cm³/mol. The van der Waals surface area contributed by atoms with E-state index in [1.807, 2.05) is 0 Å². The molecule has 4 heteroatoms. The van der Waals surface area contributed by atoms with Crippen molar-refractivity contribution in [1.82, 2.24) is 0 Å². The second-order valence-corrected chi connectivity index (χ2v) is 3.66. The molecule has 13 heavy (non-hydrogen) atoms. The van der Waals surface area contributed by atoms with Crippen molar-refractivity contribution >= 4 is 5.97 Å². The van der Waals surface area contributed by atoms with E-state index in [9.17, 15) is 9.90 Å². The van der Waals surface area contributed by atoms with Gasteiger partial charge in [0.2, 0.25) is 0 Å². The number of nitrogens with two attached hydrogens (primary N) is 1. The van der Waals surface area contributed by atoms with E-state index in [0.29, 0.717) is 5.92 Å². The van der Waals surface area contributed by atoms with Gasteiger partial charge in [0.1, 0.15) is 0 Å². The Bertz CT molecular complexity index is 180. The van der Waals surface area contributed by atoms with Crippen LogP contribution in [-0.2, 0) is 9.53 Å². The van der Waals surface area contributed by atoms with Crippen molar-refractivity contribution in [3.05, 3.63) is 0 Å². The highest BCUT2D eigenvalue weighted by Gasteiger charge is 2.28. The van der Waals surface area contributed by atoms with Gasteiger partial charge in [0.25, 0.3) is 0 Å². The molecule has 4 nitrogen and oxygen atoms in total. The molecule has 0 aliphatic heterocycles. The molecule has 2 unspecified atom stereocenters. The maximum atomic E-state index is 10.9. The SMILES string of the molecule is COC(=O)C(O)C(N)CC1CCC1. The molecule has 0 amide bonds. The average molecular weight is 187 g/mol. The summed E-state index contributed by atoms with van der Waals surface area (Å²) in [4.78, 5) is 10.9. The van der Waals surface area contributed by atoms with Gasteiger partial charge in [-0.15, -0.1) is 0 Å². The highest BCUT2D eigenvalue weighted by atomic mass is 16.5. The molecule has 0 spiro atoms. The Kier molecular flexibility index (Phi) is 3.69. The first kappa shape index (κ1) is 10.5. The van der Waals surface area contributed by atoms with Crippen molar-refractivity contribution in [3.63, 3.8) is 0 Å². The first-order valence-electron chi connectivity index (χ1n) is 4.66. The smallest absolute Gasteiger partial charge is 0.336 e. The molecule has 0 aromatic heterocycles. The predicted octanol–water partition coefficient (Wildman–Crippen LogP) is 0.0378. The van der Waals surface area contributed by atoms with Crippen LogP contribution in [0.2, 0.25) is 0 Å². The van der Waals surface area contributed by atoms with Gasteiger partial charge in [-0.3, -0.25) is 0 Å². The van der Waals surface area contributed by atoms with Gasteiger partial charge in [-0.2, -0.15) is 0 Å². The third-order valence-electron chi connectivity index (χ3n) is 2.68. The largest absolute Gasteiger partial charge is 0.467 e. The molecule has 0 heterocycles. The van der Waals surface area contributed by atoms with Crippen molar-refractivity contribution < 1.29 is 14.6 Å². The van der Waals surface area contributed by atoms with E-state index in [4.69, 9.17) is 5.73 Å². The standard InChI is InChI=1S/C9H17NO3/c1-13-9(12)8(11)7(10)5-6-3-2-4-6/h6-8,11H,2-5,10H2,1H3. The number of hydrogen-bond donors (Lipinski definition) is 2. The van der Waals surface area contributed by atoms with Gasteiger partial charge >= 0.3 is 5.97 Å². The number of ether oxygens (including phenoxy) is 1. The van der Waals surface area contributed by atoms with Gasteiger partial charge in [-0.25, -0.2) is 4.79 Å². The first-order chi connectivity index (χ1) is 6.15. The molecule has 1 saturated carbocycles. The van der Waals surface area contributed by atoms with E-state index in [-0.39, 0.29) is 0 Å². The maximum Gasteiger partial charge on any atom is 0.336 e. The van der Waals surface area contributed by atoms with Crippen LogP contribution in [0.5, 0.6) is 0 Å². The Morgan fingerprint density at radius 3 is 2.69 bits per heavy atom. The van der Waals surface area contributed by atoms with Crippen LogP contribution in [-0.4, -0.2) is 30.3 Å². The summed E-state index contributed by atoms with van der Waals surface area (Å²) in [5.41, 5.74) is 5.65. The van der Waals surface area contributed by atoms with Crippen LogP contribution in [0, 0.1) is 5.92 Å². The van der Waals surface area contributed by atoms with Gasteiger partial charge < -0.3 is 15.6 Å². The lowest BCUT2D eigenvalue weighted by molar-refractivity contribution is -0.151. The molecular weight excluding hydrogens is 170 g/mol. The molecule has 0 aromatic carbocycles. The molecule has 1 aliphatic rings. The molecule has 2 atom stereocenters. The number of carbonyl (C=O) groups is 1. The van der Waals surface area contributed by atoms with Crippen molar-refractivity contribution in [2.45, 2.75) is 37.8 Å². The lowest BCUT2D eigenvalue weighted by Crippen LogP contribution is -2.43. The van der Waals surface area contributed by atoms with E-state index < -0.39 is 18.1 Å². The Balaban J connectivity index is 2.27. The number of methoxy groups -OCH3 is 1. The van der Waals surface area contributed by atoms with Crippen molar-refractivity contribution in [2.75, 3.05) is 7.11 Å². The van der Waals surface area contributed by atoms with E-state index in [0.717, 1.165) is 6.42 Å². The molecule has 76 valence electrons. The van der Waals surface area contributed by atoms with Gasteiger partial charge in [-0.1, -0.05) is 19.3 Å². The second-order valence-electron chi connectivity index (χ2n) is 3.66.